The van der Waals surface area contributed by atoms with Crippen LogP contribution in [0, 0.1) is 0 Å². The molecule has 7 heteroatoms. The van der Waals surface area contributed by atoms with Gasteiger partial charge in [0.1, 0.15) is 9.15 Å². The monoisotopic (exact) mass is 235 g/mol. The van der Waals surface area contributed by atoms with Crippen LogP contribution < -0.4 is 34.9 Å². The van der Waals surface area contributed by atoms with Crippen molar-refractivity contribution < 1.29 is 42.5 Å². The van der Waals surface area contributed by atoms with Crippen LogP contribution >= 0.6 is 10.8 Å². The van der Waals surface area contributed by atoms with Crippen molar-refractivity contribution in [3.05, 3.63) is 0 Å². The molecule has 0 bridgehead atoms. The van der Waals surface area contributed by atoms with Gasteiger partial charge in [-0.2, -0.15) is 0 Å². The molecule has 1 N–H and O–H groups in total. The maximum Gasteiger partial charge on any atom is 1.00 e. The van der Waals surface area contributed by atoms with E-state index in [2.05, 4.69) is 5.32 Å². The smallest absolute Gasteiger partial charge is 0.739 e. The summed E-state index contributed by atoms with van der Waals surface area (Å²) in [5.41, 5.74) is 0. The number of rotatable bonds is 7. The SMILES string of the molecule is CNCCCCCSS(=O)(=O)[O-].[Na+]. The third-order valence-electron chi connectivity index (χ3n) is 1.30. The molecule has 0 fully saturated rings. The standard InChI is InChI=1S/C6H15NO3S2.Na/c1-7-5-3-2-4-6-11-12(8,9)10;/h7H,2-6H2,1H3,(H,8,9,10);/q;+1/p-1. The predicted octanol–water partition coefficient (Wildman–Crippen LogP) is -2.43. The van der Waals surface area contributed by atoms with Gasteiger partial charge in [-0.05, 0) is 37.2 Å². The molecule has 0 aliphatic carbocycles. The average molecular weight is 235 g/mol. The molecule has 74 valence electrons. The molecule has 0 amide bonds. The van der Waals surface area contributed by atoms with E-state index in [1.807, 2.05) is 7.05 Å². The summed E-state index contributed by atoms with van der Waals surface area (Å²) in [5.74, 6) is 0.412. The van der Waals surface area contributed by atoms with Gasteiger partial charge < -0.3 is 9.87 Å². The van der Waals surface area contributed by atoms with E-state index in [9.17, 15) is 13.0 Å². The van der Waals surface area contributed by atoms with E-state index in [1.165, 1.54) is 0 Å². The number of unbranched alkanes of at least 4 members (excludes halogenated alkanes) is 2. The fraction of sp³-hybridized carbons (Fsp3) is 1.00. The fourth-order valence-electron chi connectivity index (χ4n) is 0.742. The van der Waals surface area contributed by atoms with Crippen LogP contribution in [0.3, 0.4) is 0 Å². The Balaban J connectivity index is 0. The fourth-order valence-corrected chi connectivity index (χ4v) is 2.23. The van der Waals surface area contributed by atoms with Gasteiger partial charge in [0.05, 0.1) is 0 Å². The Labute approximate surface area is 106 Å². The summed E-state index contributed by atoms with van der Waals surface area (Å²) >= 11 is 0. The van der Waals surface area contributed by atoms with Gasteiger partial charge in [0, 0.05) is 5.75 Å². The van der Waals surface area contributed by atoms with Crippen molar-refractivity contribution in [1.29, 1.82) is 0 Å². The molecule has 0 rings (SSSR count). The second-order valence-corrected chi connectivity index (χ2v) is 5.79. The minimum absolute atomic E-state index is 0. The third kappa shape index (κ3) is 15.9. The van der Waals surface area contributed by atoms with Gasteiger partial charge in [-0.1, -0.05) is 6.42 Å². The Hall–Kier alpha value is 1.22. The molecule has 0 aromatic heterocycles. The van der Waals surface area contributed by atoms with Crippen LogP contribution in [0.1, 0.15) is 19.3 Å². The molecule has 0 aliphatic rings. The molecule has 0 saturated heterocycles. The molecular formula is C6H14NNaO3S2. The van der Waals surface area contributed by atoms with Crippen LogP contribution in [-0.2, 0) is 9.15 Å². The second kappa shape index (κ2) is 9.76. The van der Waals surface area contributed by atoms with E-state index < -0.39 is 9.15 Å². The van der Waals surface area contributed by atoms with Crippen molar-refractivity contribution in [3.63, 3.8) is 0 Å². The van der Waals surface area contributed by atoms with Crippen LogP contribution in [-0.4, -0.2) is 32.3 Å². The number of hydrogen-bond acceptors (Lipinski definition) is 5. The van der Waals surface area contributed by atoms with Gasteiger partial charge in [0.25, 0.3) is 0 Å². The van der Waals surface area contributed by atoms with Gasteiger partial charge in [-0.15, -0.1) is 0 Å². The number of hydrogen-bond donors (Lipinski definition) is 1. The zero-order valence-electron chi connectivity index (χ0n) is 8.08. The maximum atomic E-state index is 10.1. The molecular weight excluding hydrogens is 221 g/mol. The van der Waals surface area contributed by atoms with Crippen molar-refractivity contribution in [3.8, 4) is 0 Å². The molecule has 0 unspecified atom stereocenters. The molecule has 0 saturated carbocycles. The van der Waals surface area contributed by atoms with Crippen LogP contribution in [0.25, 0.3) is 0 Å². The molecule has 4 nitrogen and oxygen atoms in total. The van der Waals surface area contributed by atoms with Gasteiger partial charge in [0.15, 0.2) is 0 Å². The van der Waals surface area contributed by atoms with Crippen LogP contribution in [0.4, 0.5) is 0 Å². The Bertz CT molecular complexity index is 196. The Morgan fingerprint density at radius 2 is 1.92 bits per heavy atom. The van der Waals surface area contributed by atoms with Gasteiger partial charge >= 0.3 is 29.6 Å². The van der Waals surface area contributed by atoms with Crippen molar-refractivity contribution in [1.82, 2.24) is 5.32 Å². The zero-order chi connectivity index (χ0) is 9.45. The Morgan fingerprint density at radius 1 is 1.31 bits per heavy atom. The van der Waals surface area contributed by atoms with Gasteiger partial charge in [-0.25, -0.2) is 8.42 Å². The minimum atomic E-state index is -4.07. The normalized spacial score (nSPS) is 10.9. The molecule has 13 heavy (non-hydrogen) atoms. The van der Waals surface area contributed by atoms with Crippen LogP contribution in [0.5, 0.6) is 0 Å². The summed E-state index contributed by atoms with van der Waals surface area (Å²) in [6, 6.07) is 0. The first-order valence-electron chi connectivity index (χ1n) is 3.81. The van der Waals surface area contributed by atoms with Crippen LogP contribution in [0.2, 0.25) is 0 Å². The van der Waals surface area contributed by atoms with Crippen molar-refractivity contribution in [2.75, 3.05) is 19.3 Å². The summed E-state index contributed by atoms with van der Waals surface area (Å²) in [7, 11) is -1.71. The van der Waals surface area contributed by atoms with Gasteiger partial charge in [-0.3, -0.25) is 0 Å². The zero-order valence-corrected chi connectivity index (χ0v) is 11.7. The molecule has 0 radical (unpaired) electrons. The van der Waals surface area contributed by atoms with E-state index in [-0.39, 0.29) is 29.6 Å². The van der Waals surface area contributed by atoms with E-state index >= 15 is 0 Å². The van der Waals surface area contributed by atoms with Gasteiger partial charge in [0.2, 0.25) is 0 Å². The Kier molecular flexibility index (Phi) is 12.5. The molecule has 0 aliphatic heterocycles. The van der Waals surface area contributed by atoms with E-state index in [1.54, 1.807) is 0 Å². The first-order valence-corrected chi connectivity index (χ1v) is 6.72. The second-order valence-electron chi connectivity index (χ2n) is 2.39. The average Bonchev–Trinajstić information content (AvgIpc) is 1.94. The summed E-state index contributed by atoms with van der Waals surface area (Å²) in [6.45, 7) is 0.939. The first-order chi connectivity index (χ1) is 5.56. The van der Waals surface area contributed by atoms with Crippen molar-refractivity contribution >= 4 is 19.9 Å². The van der Waals surface area contributed by atoms with E-state index in [4.69, 9.17) is 0 Å². The van der Waals surface area contributed by atoms with Crippen molar-refractivity contribution in [2.45, 2.75) is 19.3 Å². The summed E-state index contributed by atoms with van der Waals surface area (Å²) in [6.07, 6.45) is 2.77. The minimum Gasteiger partial charge on any atom is -0.739 e. The Morgan fingerprint density at radius 3 is 2.38 bits per heavy atom. The molecule has 0 aromatic carbocycles. The summed E-state index contributed by atoms with van der Waals surface area (Å²) < 4.78 is 30.3. The number of nitrogens with one attached hydrogen (secondary N) is 1. The topological polar surface area (TPSA) is 69.2 Å². The van der Waals surface area contributed by atoms with E-state index in [0.717, 1.165) is 25.8 Å². The third-order valence-corrected chi connectivity index (χ3v) is 3.41. The predicted molar refractivity (Wildman–Crippen MR) is 49.9 cm³/mol. The van der Waals surface area contributed by atoms with Crippen molar-refractivity contribution in [2.24, 2.45) is 0 Å². The maximum absolute atomic E-state index is 10.1. The van der Waals surface area contributed by atoms with Crippen LogP contribution in [0.15, 0.2) is 0 Å². The molecule has 0 atom stereocenters. The largest absolute Gasteiger partial charge is 1.00 e. The quantitative estimate of drug-likeness (QED) is 0.230. The van der Waals surface area contributed by atoms with E-state index in [0.29, 0.717) is 16.5 Å². The summed E-state index contributed by atoms with van der Waals surface area (Å²) in [5, 5.41) is 2.99. The molecule has 0 spiro atoms. The molecule has 0 aromatic rings. The first kappa shape index (κ1) is 16.6. The molecule has 0 heterocycles. The summed E-state index contributed by atoms with van der Waals surface area (Å²) in [4.78, 5) is 0.